The molecule has 47 heavy (non-hydrogen) atoms. The number of alkyl halides is 8. The number of hydrogen-bond acceptors (Lipinski definition) is 6. The van der Waals surface area contributed by atoms with Gasteiger partial charge in [0.25, 0.3) is 11.8 Å². The largest absolute Gasteiger partial charge is 0.503 e. The lowest BCUT2D eigenvalue weighted by Crippen LogP contribution is -2.60. The molecule has 1 saturated carbocycles. The van der Waals surface area contributed by atoms with Gasteiger partial charge in [0, 0.05) is 13.0 Å². The highest BCUT2D eigenvalue weighted by Crippen LogP contribution is 2.66. The Morgan fingerprint density at radius 3 is 2.06 bits per heavy atom. The zero-order valence-electron chi connectivity index (χ0n) is 24.0. The normalized spacial score (nSPS) is 30.7. The van der Waals surface area contributed by atoms with Crippen LogP contribution in [0, 0.1) is 17.8 Å². The van der Waals surface area contributed by atoms with Crippen LogP contribution in [0.4, 0.5) is 32.0 Å². The summed E-state index contributed by atoms with van der Waals surface area (Å²) < 4.78 is 87.4. The summed E-state index contributed by atoms with van der Waals surface area (Å²) in [4.78, 5) is 51.7. The molecule has 0 aromatic heterocycles. The van der Waals surface area contributed by atoms with Gasteiger partial charge in [-0.2, -0.15) is 26.3 Å². The number of nitrogens with zero attached hydrogens (tertiary/aromatic N) is 2. The quantitative estimate of drug-likeness (QED) is 0.168. The fourth-order valence-corrected chi connectivity index (χ4v) is 8.84. The van der Waals surface area contributed by atoms with Gasteiger partial charge in [-0.3, -0.25) is 24.1 Å². The van der Waals surface area contributed by atoms with E-state index in [0.717, 1.165) is 4.90 Å². The monoisotopic (exact) mass is 768 g/mol. The molecule has 0 bridgehead atoms. The Hall–Kier alpha value is -3.30. The summed E-state index contributed by atoms with van der Waals surface area (Å²) in [7, 11) is 2.43. The van der Waals surface area contributed by atoms with Crippen LogP contribution in [0.2, 0.25) is 0 Å². The molecule has 8 nitrogen and oxygen atoms in total. The van der Waals surface area contributed by atoms with E-state index in [1.54, 1.807) is 0 Å². The maximum absolute atomic E-state index is 14.1. The predicted molar refractivity (Wildman–Crippen MR) is 157 cm³/mol. The van der Waals surface area contributed by atoms with Gasteiger partial charge in [-0.1, -0.05) is 11.6 Å². The van der Waals surface area contributed by atoms with E-state index in [0.29, 0.717) is 22.6 Å². The number of benzene rings is 2. The van der Waals surface area contributed by atoms with Gasteiger partial charge >= 0.3 is 12.4 Å². The molecule has 0 spiro atoms. The van der Waals surface area contributed by atoms with Crippen molar-refractivity contribution in [3.05, 3.63) is 63.1 Å². The number of carbonyl (C=O) groups excluding carboxylic acids is 4. The smallest absolute Gasteiger partial charge is 0.416 e. The summed E-state index contributed by atoms with van der Waals surface area (Å²) >= 11 is 17.4. The first kappa shape index (κ1) is 33.6. The highest BCUT2D eigenvalue weighted by Gasteiger charge is 2.76. The number of aromatic hydroxyl groups is 1. The van der Waals surface area contributed by atoms with Crippen LogP contribution in [0.25, 0.3) is 0 Å². The zero-order valence-corrected chi connectivity index (χ0v) is 27.1. The highest BCUT2D eigenvalue weighted by atomic mass is 79.9. The summed E-state index contributed by atoms with van der Waals surface area (Å²) in [5, 5.41) is 10.5. The molecule has 0 radical (unpaired) electrons. The SMILES string of the molecule is COc1cc([C@H]2C3=CC[C@@H]4C(=O)N(c5cc(C(F)(F)F)cc(C(F)(F)F)c5)C(=O)[C@@H]4[C@@H]3C[C@@]3(Cl)C(=O)N(C)C(=O)[C@@]23Cl)cc(Br)c1O. The molecule has 2 aromatic carbocycles. The van der Waals surface area contributed by atoms with E-state index in [-0.39, 0.29) is 34.0 Å². The van der Waals surface area contributed by atoms with Gasteiger partial charge in [-0.25, -0.2) is 4.90 Å². The third-order valence-electron chi connectivity index (χ3n) is 9.45. The Labute approximate surface area is 280 Å². The van der Waals surface area contributed by atoms with Crippen LogP contribution in [0.5, 0.6) is 11.5 Å². The molecule has 6 rings (SSSR count). The molecule has 2 aliphatic heterocycles. The van der Waals surface area contributed by atoms with Crippen molar-refractivity contribution in [2.24, 2.45) is 17.8 Å². The van der Waals surface area contributed by atoms with Crippen molar-refractivity contribution in [3.8, 4) is 11.5 Å². The van der Waals surface area contributed by atoms with Crippen molar-refractivity contribution >= 4 is 68.4 Å². The van der Waals surface area contributed by atoms with Gasteiger partial charge in [0.2, 0.25) is 11.8 Å². The first-order valence-electron chi connectivity index (χ1n) is 13.8. The molecule has 2 heterocycles. The van der Waals surface area contributed by atoms with Crippen LogP contribution in [0.1, 0.15) is 35.4 Å². The number of halogens is 9. The third kappa shape index (κ3) is 4.62. The maximum Gasteiger partial charge on any atom is 0.416 e. The van der Waals surface area contributed by atoms with E-state index in [2.05, 4.69) is 15.9 Å². The predicted octanol–water partition coefficient (Wildman–Crippen LogP) is 6.39. The lowest BCUT2D eigenvalue weighted by atomic mass is 9.56. The van der Waals surface area contributed by atoms with Gasteiger partial charge in [0.1, 0.15) is 0 Å². The standard InChI is InChI=1S/C30H21BrCl2F6N2O6/c1-40-25(45)27(32)10-17-15(21(28(27,33)26(40)46)11-5-18(31)22(42)19(6-11)47-2)3-4-16-20(17)24(44)41(23(16)43)14-8-12(29(34,35)36)7-13(9-14)30(37,38)39/h3,5-9,16-17,20-21,42H,4,10H2,1-2H3/t16-,17+,20-,21-,27+,28-/m0/s1. The Morgan fingerprint density at radius 1 is 0.915 bits per heavy atom. The molecular formula is C30H21BrCl2F6N2O6. The van der Waals surface area contributed by atoms with Crippen LogP contribution in [-0.4, -0.2) is 57.5 Å². The van der Waals surface area contributed by atoms with Crippen LogP contribution >= 0.6 is 39.1 Å². The molecule has 17 heteroatoms. The first-order valence-corrected chi connectivity index (χ1v) is 15.4. The summed E-state index contributed by atoms with van der Waals surface area (Å²) in [6.07, 6.45) is -9.61. The maximum atomic E-state index is 14.1. The van der Waals surface area contributed by atoms with Crippen molar-refractivity contribution in [2.75, 3.05) is 19.1 Å². The number of allylic oxidation sites excluding steroid dienone is 2. The Balaban J connectivity index is 1.52. The molecule has 6 atom stereocenters. The minimum atomic E-state index is -5.24. The zero-order chi connectivity index (χ0) is 34.8. The lowest BCUT2D eigenvalue weighted by Gasteiger charge is -2.50. The Morgan fingerprint density at radius 2 is 1.51 bits per heavy atom. The van der Waals surface area contributed by atoms with E-state index in [4.69, 9.17) is 27.9 Å². The van der Waals surface area contributed by atoms with E-state index >= 15 is 0 Å². The Kier molecular flexibility index (Phi) is 7.58. The molecule has 4 aliphatic rings. The topological polar surface area (TPSA) is 104 Å². The molecule has 4 amide bonds. The summed E-state index contributed by atoms with van der Waals surface area (Å²) in [6.45, 7) is 0. The number of amides is 4. The summed E-state index contributed by atoms with van der Waals surface area (Å²) in [5.41, 5.74) is -3.83. The van der Waals surface area contributed by atoms with E-state index in [9.17, 15) is 50.6 Å². The molecule has 1 N–H and O–H groups in total. The molecule has 2 aliphatic carbocycles. The average molecular weight is 770 g/mol. The minimum absolute atomic E-state index is 0.0559. The van der Waals surface area contributed by atoms with Crippen molar-refractivity contribution in [1.82, 2.24) is 4.90 Å². The number of hydrogen-bond donors (Lipinski definition) is 1. The number of rotatable bonds is 3. The van der Waals surface area contributed by atoms with Gasteiger partial charge in [0.05, 0.1) is 40.2 Å². The van der Waals surface area contributed by atoms with E-state index < -0.39 is 92.6 Å². The van der Waals surface area contributed by atoms with E-state index in [1.165, 1.54) is 32.4 Å². The van der Waals surface area contributed by atoms with Gasteiger partial charge in [-0.05, 0) is 70.6 Å². The second-order valence-corrected chi connectivity index (χ2v) is 13.9. The second-order valence-electron chi connectivity index (χ2n) is 11.8. The number of likely N-dealkylation sites (tertiary alicyclic amines) is 1. The molecule has 0 unspecified atom stereocenters. The van der Waals surface area contributed by atoms with Crippen molar-refractivity contribution < 1.29 is 55.4 Å². The molecule has 250 valence electrons. The van der Waals surface area contributed by atoms with Crippen LogP contribution in [-0.2, 0) is 31.5 Å². The number of carbonyl (C=O) groups is 4. The van der Waals surface area contributed by atoms with Gasteiger partial charge in [-0.15, -0.1) is 23.2 Å². The number of anilines is 1. The van der Waals surface area contributed by atoms with E-state index in [1.807, 2.05) is 0 Å². The number of imide groups is 2. The average Bonchev–Trinajstić information content (AvgIpc) is 3.32. The number of phenolic OH excluding ortho intramolecular Hbond substituents is 1. The van der Waals surface area contributed by atoms with Crippen LogP contribution in [0.3, 0.4) is 0 Å². The minimum Gasteiger partial charge on any atom is -0.503 e. The summed E-state index contributed by atoms with van der Waals surface area (Å²) in [5.74, 6) is -9.28. The molecular weight excluding hydrogens is 749 g/mol. The number of fused-ring (bicyclic) bond motifs is 4. The number of phenols is 1. The highest BCUT2D eigenvalue weighted by molar-refractivity contribution is 9.10. The van der Waals surface area contributed by atoms with Crippen molar-refractivity contribution in [1.29, 1.82) is 0 Å². The fraction of sp³-hybridized carbons (Fsp3) is 0.400. The summed E-state index contributed by atoms with van der Waals surface area (Å²) in [6, 6.07) is 3.23. The molecule has 3 fully saturated rings. The number of methoxy groups -OCH3 is 1. The third-order valence-corrected chi connectivity index (χ3v) is 11.5. The van der Waals surface area contributed by atoms with Crippen LogP contribution in [0.15, 0.2) is 46.5 Å². The first-order chi connectivity index (χ1) is 21.7. The number of ether oxygens (including phenoxy) is 1. The van der Waals surface area contributed by atoms with Gasteiger partial charge in [0.15, 0.2) is 21.2 Å². The van der Waals surface area contributed by atoms with Crippen molar-refractivity contribution in [3.63, 3.8) is 0 Å². The Bertz CT molecular complexity index is 1790. The molecule has 2 aromatic rings. The van der Waals surface area contributed by atoms with Crippen molar-refractivity contribution in [2.45, 2.75) is 40.9 Å². The molecule has 2 saturated heterocycles. The van der Waals surface area contributed by atoms with Crippen LogP contribution < -0.4 is 9.64 Å². The lowest BCUT2D eigenvalue weighted by molar-refractivity contribution is -0.143. The van der Waals surface area contributed by atoms with Gasteiger partial charge < -0.3 is 9.84 Å². The second kappa shape index (κ2) is 10.6. The fourth-order valence-electron chi connectivity index (χ4n) is 7.36.